The van der Waals surface area contributed by atoms with E-state index in [1.54, 1.807) is 0 Å². The second kappa shape index (κ2) is 4.87. The zero-order valence-corrected chi connectivity index (χ0v) is 7.73. The fraction of sp³-hybridized carbons (Fsp3) is 0.667. The molecule has 0 aliphatic rings. The van der Waals surface area contributed by atoms with Crippen LogP contribution in [0, 0.1) is 0 Å². The lowest BCUT2D eigenvalue weighted by atomic mass is 10.5. The molecule has 0 amide bonds. The largest absolute Gasteiger partial charge is 0.390 e. The van der Waals surface area contributed by atoms with E-state index in [0.29, 0.717) is 6.01 Å². The SMILES string of the molecule is CSCCCNc1nnc(N)o1. The van der Waals surface area contributed by atoms with Crippen molar-refractivity contribution >= 4 is 23.8 Å². The van der Waals surface area contributed by atoms with Gasteiger partial charge in [0.2, 0.25) is 0 Å². The predicted molar refractivity (Wildman–Crippen MR) is 50.2 cm³/mol. The number of hydrogen-bond donors (Lipinski definition) is 2. The monoisotopic (exact) mass is 188 g/mol. The summed E-state index contributed by atoms with van der Waals surface area (Å²) in [5, 5.41) is 10.1. The molecule has 1 rings (SSSR count). The molecule has 1 heterocycles. The first kappa shape index (κ1) is 9.18. The van der Waals surface area contributed by atoms with Gasteiger partial charge in [-0.2, -0.15) is 11.8 Å². The van der Waals surface area contributed by atoms with Crippen LogP contribution in [0.3, 0.4) is 0 Å². The quantitative estimate of drug-likeness (QED) is 0.666. The number of thioether (sulfide) groups is 1. The van der Waals surface area contributed by atoms with E-state index in [2.05, 4.69) is 21.8 Å². The number of aromatic nitrogens is 2. The molecule has 0 saturated carbocycles. The Hall–Kier alpha value is -0.910. The van der Waals surface area contributed by atoms with Gasteiger partial charge < -0.3 is 15.5 Å². The van der Waals surface area contributed by atoms with Gasteiger partial charge in [0.1, 0.15) is 0 Å². The first-order valence-corrected chi connectivity index (χ1v) is 5.04. The highest BCUT2D eigenvalue weighted by Gasteiger charge is 1.99. The van der Waals surface area contributed by atoms with Crippen molar-refractivity contribution in [3.63, 3.8) is 0 Å². The Balaban J connectivity index is 2.15. The standard InChI is InChI=1S/C6H12N4OS/c1-12-4-2-3-8-6-10-9-5(7)11-6/h2-4H2,1H3,(H2,7,9)(H,8,10). The summed E-state index contributed by atoms with van der Waals surface area (Å²) in [6, 6.07) is 0.496. The minimum Gasteiger partial charge on any atom is -0.390 e. The molecule has 0 atom stereocenters. The summed E-state index contributed by atoms with van der Waals surface area (Å²) in [5.41, 5.74) is 5.22. The third-order valence-corrected chi connectivity index (χ3v) is 1.94. The number of nitrogen functional groups attached to an aromatic ring is 1. The number of anilines is 2. The van der Waals surface area contributed by atoms with E-state index >= 15 is 0 Å². The van der Waals surface area contributed by atoms with Gasteiger partial charge in [-0.1, -0.05) is 10.2 Å². The van der Waals surface area contributed by atoms with Gasteiger partial charge in [0.25, 0.3) is 0 Å². The van der Waals surface area contributed by atoms with Crippen LogP contribution in [0.25, 0.3) is 0 Å². The van der Waals surface area contributed by atoms with Gasteiger partial charge in [0.05, 0.1) is 0 Å². The molecule has 0 fully saturated rings. The Bertz CT molecular complexity index is 227. The van der Waals surface area contributed by atoms with Crippen molar-refractivity contribution in [1.29, 1.82) is 0 Å². The van der Waals surface area contributed by atoms with Crippen LogP contribution < -0.4 is 11.1 Å². The Morgan fingerprint density at radius 2 is 2.42 bits per heavy atom. The average molecular weight is 188 g/mol. The number of rotatable bonds is 5. The van der Waals surface area contributed by atoms with E-state index in [1.165, 1.54) is 0 Å². The molecule has 0 spiro atoms. The molecule has 0 unspecified atom stereocenters. The average Bonchev–Trinajstić information content (AvgIpc) is 2.45. The minimum absolute atomic E-state index is 0.0994. The molecule has 0 aromatic carbocycles. The van der Waals surface area contributed by atoms with Crippen LogP contribution in [0.2, 0.25) is 0 Å². The molecule has 1 aromatic heterocycles. The molecule has 0 aliphatic heterocycles. The topological polar surface area (TPSA) is 77.0 Å². The number of nitrogens with one attached hydrogen (secondary N) is 1. The van der Waals surface area contributed by atoms with Crippen molar-refractivity contribution in [2.24, 2.45) is 0 Å². The summed E-state index contributed by atoms with van der Waals surface area (Å²) in [6.07, 6.45) is 3.15. The maximum absolute atomic E-state index is 5.22. The summed E-state index contributed by atoms with van der Waals surface area (Å²) >= 11 is 1.81. The zero-order chi connectivity index (χ0) is 8.81. The lowest BCUT2D eigenvalue weighted by Gasteiger charge is -1.97. The van der Waals surface area contributed by atoms with Crippen LogP contribution in [-0.4, -0.2) is 28.8 Å². The summed E-state index contributed by atoms with van der Waals surface area (Å²) in [5.74, 6) is 1.12. The van der Waals surface area contributed by atoms with E-state index in [1.807, 2.05) is 11.8 Å². The summed E-state index contributed by atoms with van der Waals surface area (Å²) in [6.45, 7) is 0.836. The van der Waals surface area contributed by atoms with Gasteiger partial charge in [0.15, 0.2) is 0 Å². The van der Waals surface area contributed by atoms with Crippen LogP contribution in [-0.2, 0) is 0 Å². The molecule has 12 heavy (non-hydrogen) atoms. The highest BCUT2D eigenvalue weighted by molar-refractivity contribution is 7.98. The van der Waals surface area contributed by atoms with Crippen LogP contribution in [0.15, 0.2) is 4.42 Å². The third-order valence-electron chi connectivity index (χ3n) is 1.24. The molecule has 3 N–H and O–H groups in total. The smallest absolute Gasteiger partial charge is 0.316 e. The van der Waals surface area contributed by atoms with Gasteiger partial charge in [-0.25, -0.2) is 0 Å². The van der Waals surface area contributed by atoms with E-state index in [9.17, 15) is 0 Å². The van der Waals surface area contributed by atoms with Gasteiger partial charge in [-0.3, -0.25) is 0 Å². The lowest BCUT2D eigenvalue weighted by Crippen LogP contribution is -2.02. The molecule has 6 heteroatoms. The van der Waals surface area contributed by atoms with Crippen molar-refractivity contribution in [3.05, 3.63) is 0 Å². The Kier molecular flexibility index (Phi) is 3.72. The molecular formula is C6H12N4OS. The lowest BCUT2D eigenvalue weighted by molar-refractivity contribution is 0.586. The fourth-order valence-electron chi connectivity index (χ4n) is 0.718. The normalized spacial score (nSPS) is 10.1. The molecule has 1 aromatic rings. The highest BCUT2D eigenvalue weighted by atomic mass is 32.2. The van der Waals surface area contributed by atoms with E-state index < -0.39 is 0 Å². The third kappa shape index (κ3) is 3.00. The Morgan fingerprint density at radius 3 is 3.00 bits per heavy atom. The van der Waals surface area contributed by atoms with Crippen molar-refractivity contribution in [1.82, 2.24) is 10.2 Å². The first-order chi connectivity index (χ1) is 5.83. The zero-order valence-electron chi connectivity index (χ0n) is 6.91. The molecule has 0 saturated heterocycles. The summed E-state index contributed by atoms with van der Waals surface area (Å²) < 4.78 is 4.90. The van der Waals surface area contributed by atoms with Crippen molar-refractivity contribution in [2.45, 2.75) is 6.42 Å². The Labute approximate surface area is 75.1 Å². The van der Waals surface area contributed by atoms with E-state index in [4.69, 9.17) is 10.2 Å². The summed E-state index contributed by atoms with van der Waals surface area (Å²) in [4.78, 5) is 0. The molecule has 0 bridgehead atoms. The van der Waals surface area contributed by atoms with E-state index in [-0.39, 0.29) is 6.01 Å². The second-order valence-corrected chi connectivity index (χ2v) is 3.20. The molecule has 68 valence electrons. The minimum atomic E-state index is 0.0994. The molecule has 0 aliphatic carbocycles. The number of nitrogens with two attached hydrogens (primary N) is 1. The van der Waals surface area contributed by atoms with E-state index in [0.717, 1.165) is 18.7 Å². The van der Waals surface area contributed by atoms with Gasteiger partial charge in [-0.15, -0.1) is 0 Å². The summed E-state index contributed by atoms with van der Waals surface area (Å²) in [7, 11) is 0. The van der Waals surface area contributed by atoms with Crippen LogP contribution >= 0.6 is 11.8 Å². The highest BCUT2D eigenvalue weighted by Crippen LogP contribution is 2.05. The van der Waals surface area contributed by atoms with Gasteiger partial charge in [-0.05, 0) is 18.4 Å². The van der Waals surface area contributed by atoms with Gasteiger partial charge in [0, 0.05) is 6.54 Å². The first-order valence-electron chi connectivity index (χ1n) is 3.64. The predicted octanol–water partition coefficient (Wildman–Crippen LogP) is 0.817. The maximum Gasteiger partial charge on any atom is 0.316 e. The van der Waals surface area contributed by atoms with Crippen molar-refractivity contribution < 1.29 is 4.42 Å². The van der Waals surface area contributed by atoms with Crippen LogP contribution in [0.1, 0.15) is 6.42 Å². The van der Waals surface area contributed by atoms with Gasteiger partial charge >= 0.3 is 12.0 Å². The van der Waals surface area contributed by atoms with Crippen molar-refractivity contribution in [3.8, 4) is 0 Å². The Morgan fingerprint density at radius 1 is 1.58 bits per heavy atom. The number of hydrogen-bond acceptors (Lipinski definition) is 6. The van der Waals surface area contributed by atoms with Crippen molar-refractivity contribution in [2.75, 3.05) is 29.6 Å². The number of nitrogens with zero attached hydrogens (tertiary/aromatic N) is 2. The molecular weight excluding hydrogens is 176 g/mol. The maximum atomic E-state index is 5.22. The molecule has 0 radical (unpaired) electrons. The van der Waals surface area contributed by atoms with Crippen LogP contribution in [0.5, 0.6) is 0 Å². The second-order valence-electron chi connectivity index (χ2n) is 2.22. The molecule has 5 nitrogen and oxygen atoms in total. The van der Waals surface area contributed by atoms with Crippen LogP contribution in [0.4, 0.5) is 12.0 Å². The fourth-order valence-corrected chi connectivity index (χ4v) is 1.15.